The van der Waals surface area contributed by atoms with Crippen LogP contribution in [-0.4, -0.2) is 5.78 Å². The molecule has 0 saturated carbocycles. The Bertz CT molecular complexity index is 497. The maximum Gasteiger partial charge on any atom is 0.185 e. The predicted molar refractivity (Wildman–Crippen MR) is 76.8 cm³/mol. The fraction of sp³-hybridized carbons (Fsp3) is 0. The van der Waals surface area contributed by atoms with Crippen molar-refractivity contribution in [2.24, 2.45) is 0 Å². The molecular weight excluding hydrogens is 331 g/mol. The first kappa shape index (κ1) is 11.5. The largest absolute Gasteiger partial charge is 0.289 e. The molecule has 1 aromatic heterocycles. The highest BCUT2D eigenvalue weighted by molar-refractivity contribution is 14.1. The molecule has 0 N–H and O–H groups in total. The molecule has 80 valence electrons. The van der Waals surface area contributed by atoms with E-state index in [1.165, 1.54) is 0 Å². The minimum Gasteiger partial charge on any atom is -0.289 e. The summed E-state index contributed by atoms with van der Waals surface area (Å²) >= 11 is 3.84. The maximum atomic E-state index is 11.8. The molecule has 0 aliphatic rings. The number of hydrogen-bond acceptors (Lipinski definition) is 2. The van der Waals surface area contributed by atoms with E-state index in [0.717, 1.165) is 14.0 Å². The highest BCUT2D eigenvalue weighted by Crippen LogP contribution is 2.12. The molecule has 2 aromatic rings. The minimum absolute atomic E-state index is 0.0461. The van der Waals surface area contributed by atoms with Crippen LogP contribution in [0.25, 0.3) is 6.08 Å². The van der Waals surface area contributed by atoms with E-state index in [4.69, 9.17) is 0 Å². The van der Waals surface area contributed by atoms with Crippen molar-refractivity contribution in [2.45, 2.75) is 0 Å². The number of carbonyl (C=O) groups is 1. The van der Waals surface area contributed by atoms with Crippen LogP contribution in [0.15, 0.2) is 47.9 Å². The minimum atomic E-state index is 0.0461. The summed E-state index contributed by atoms with van der Waals surface area (Å²) in [6.07, 6.45) is 3.47. The number of allylic oxidation sites excluding steroid dienone is 1. The lowest BCUT2D eigenvalue weighted by Crippen LogP contribution is -1.93. The van der Waals surface area contributed by atoms with Gasteiger partial charge in [-0.2, -0.15) is 0 Å². The molecule has 2 rings (SSSR count). The standard InChI is InChI=1S/C13H9IOS/c14-11-5-3-10(4-6-11)13(15)8-7-12-2-1-9-16-12/h1-9H. The van der Waals surface area contributed by atoms with Gasteiger partial charge in [-0.25, -0.2) is 0 Å². The van der Waals surface area contributed by atoms with Crippen LogP contribution in [0.5, 0.6) is 0 Å². The Morgan fingerprint density at radius 1 is 1.19 bits per heavy atom. The first-order chi connectivity index (χ1) is 7.75. The van der Waals surface area contributed by atoms with Crippen LogP contribution in [-0.2, 0) is 0 Å². The van der Waals surface area contributed by atoms with Crippen molar-refractivity contribution in [3.8, 4) is 0 Å². The van der Waals surface area contributed by atoms with E-state index in [1.54, 1.807) is 17.4 Å². The van der Waals surface area contributed by atoms with Gasteiger partial charge in [0.05, 0.1) is 0 Å². The second-order valence-corrected chi connectivity index (χ2v) is 5.44. The van der Waals surface area contributed by atoms with E-state index in [9.17, 15) is 4.79 Å². The summed E-state index contributed by atoms with van der Waals surface area (Å²) in [6.45, 7) is 0. The number of ketones is 1. The Kier molecular flexibility index (Phi) is 3.90. The quantitative estimate of drug-likeness (QED) is 0.464. The first-order valence-electron chi connectivity index (χ1n) is 4.77. The van der Waals surface area contributed by atoms with Crippen molar-refractivity contribution >= 4 is 45.8 Å². The van der Waals surface area contributed by atoms with Crippen molar-refractivity contribution in [3.05, 3.63) is 61.9 Å². The Labute approximate surface area is 112 Å². The summed E-state index contributed by atoms with van der Waals surface area (Å²) in [7, 11) is 0. The van der Waals surface area contributed by atoms with Gasteiger partial charge >= 0.3 is 0 Å². The lowest BCUT2D eigenvalue weighted by molar-refractivity contribution is 0.104. The third-order valence-corrected chi connectivity index (χ3v) is 3.63. The highest BCUT2D eigenvalue weighted by Gasteiger charge is 2.00. The van der Waals surface area contributed by atoms with Gasteiger partial charge in [0.25, 0.3) is 0 Å². The van der Waals surface area contributed by atoms with Crippen LogP contribution >= 0.6 is 33.9 Å². The molecule has 0 bridgehead atoms. The van der Waals surface area contributed by atoms with Crippen LogP contribution in [0, 0.1) is 3.57 Å². The zero-order chi connectivity index (χ0) is 11.4. The number of carbonyl (C=O) groups excluding carboxylic acids is 1. The van der Waals surface area contributed by atoms with Crippen molar-refractivity contribution in [1.82, 2.24) is 0 Å². The van der Waals surface area contributed by atoms with Crippen LogP contribution < -0.4 is 0 Å². The number of hydrogen-bond donors (Lipinski definition) is 0. The number of benzene rings is 1. The first-order valence-corrected chi connectivity index (χ1v) is 6.73. The zero-order valence-corrected chi connectivity index (χ0v) is 11.4. The third-order valence-electron chi connectivity index (χ3n) is 2.07. The molecule has 3 heteroatoms. The normalized spacial score (nSPS) is 10.8. The molecule has 1 aromatic carbocycles. The molecule has 16 heavy (non-hydrogen) atoms. The number of halogens is 1. The maximum absolute atomic E-state index is 11.8. The summed E-state index contributed by atoms with van der Waals surface area (Å²) < 4.78 is 1.14. The van der Waals surface area contributed by atoms with Crippen molar-refractivity contribution < 1.29 is 4.79 Å². The van der Waals surface area contributed by atoms with Crippen LogP contribution in [0.4, 0.5) is 0 Å². The van der Waals surface area contributed by atoms with Gasteiger partial charge in [0.2, 0.25) is 0 Å². The predicted octanol–water partition coefficient (Wildman–Crippen LogP) is 4.25. The Balaban J connectivity index is 2.11. The highest BCUT2D eigenvalue weighted by atomic mass is 127. The fourth-order valence-corrected chi connectivity index (χ4v) is 2.23. The Morgan fingerprint density at radius 2 is 1.94 bits per heavy atom. The molecule has 0 aliphatic heterocycles. The molecule has 1 nitrogen and oxygen atoms in total. The van der Waals surface area contributed by atoms with Gasteiger partial charge in [-0.15, -0.1) is 11.3 Å². The summed E-state index contributed by atoms with van der Waals surface area (Å²) in [5.74, 6) is 0.0461. The van der Waals surface area contributed by atoms with Crippen molar-refractivity contribution in [1.29, 1.82) is 0 Å². The van der Waals surface area contributed by atoms with Gasteiger partial charge in [-0.05, 0) is 58.3 Å². The SMILES string of the molecule is O=C(C=Cc1cccs1)c1ccc(I)cc1. The number of thiophene rings is 1. The number of rotatable bonds is 3. The summed E-state index contributed by atoms with van der Waals surface area (Å²) in [6, 6.07) is 11.5. The van der Waals surface area contributed by atoms with Gasteiger partial charge in [-0.3, -0.25) is 4.79 Å². The topological polar surface area (TPSA) is 17.1 Å². The molecule has 0 atom stereocenters. The Hall–Kier alpha value is -0.940. The van der Waals surface area contributed by atoms with E-state index in [1.807, 2.05) is 47.9 Å². The second kappa shape index (κ2) is 5.41. The van der Waals surface area contributed by atoms with Gasteiger partial charge in [-0.1, -0.05) is 18.2 Å². The summed E-state index contributed by atoms with van der Waals surface area (Å²) in [4.78, 5) is 12.9. The molecule has 0 spiro atoms. The van der Waals surface area contributed by atoms with Gasteiger partial charge in [0.1, 0.15) is 0 Å². The molecule has 0 unspecified atom stereocenters. The van der Waals surface area contributed by atoms with E-state index >= 15 is 0 Å². The Morgan fingerprint density at radius 3 is 2.56 bits per heavy atom. The summed E-state index contributed by atoms with van der Waals surface area (Å²) in [5, 5.41) is 2.00. The lowest BCUT2D eigenvalue weighted by Gasteiger charge is -1.95. The van der Waals surface area contributed by atoms with Crippen molar-refractivity contribution in [3.63, 3.8) is 0 Å². The average Bonchev–Trinajstić information content (AvgIpc) is 2.80. The van der Waals surface area contributed by atoms with E-state index < -0.39 is 0 Å². The van der Waals surface area contributed by atoms with Gasteiger partial charge < -0.3 is 0 Å². The van der Waals surface area contributed by atoms with E-state index in [-0.39, 0.29) is 5.78 Å². The van der Waals surface area contributed by atoms with Crippen LogP contribution in [0.3, 0.4) is 0 Å². The molecule has 0 aliphatic carbocycles. The van der Waals surface area contributed by atoms with E-state index in [0.29, 0.717) is 0 Å². The smallest absolute Gasteiger partial charge is 0.185 e. The van der Waals surface area contributed by atoms with Gasteiger partial charge in [0.15, 0.2) is 5.78 Å². The zero-order valence-electron chi connectivity index (χ0n) is 8.39. The van der Waals surface area contributed by atoms with Crippen LogP contribution in [0.2, 0.25) is 0 Å². The molecule has 0 amide bonds. The molecule has 0 fully saturated rings. The van der Waals surface area contributed by atoms with Crippen LogP contribution in [0.1, 0.15) is 15.2 Å². The molecule has 1 heterocycles. The monoisotopic (exact) mass is 340 g/mol. The van der Waals surface area contributed by atoms with Crippen molar-refractivity contribution in [2.75, 3.05) is 0 Å². The molecule has 0 saturated heterocycles. The lowest BCUT2D eigenvalue weighted by atomic mass is 10.1. The molecular formula is C13H9IOS. The second-order valence-electron chi connectivity index (χ2n) is 3.22. The van der Waals surface area contributed by atoms with E-state index in [2.05, 4.69) is 22.6 Å². The average molecular weight is 340 g/mol. The fourth-order valence-electron chi connectivity index (χ4n) is 1.25. The van der Waals surface area contributed by atoms with Gasteiger partial charge in [0, 0.05) is 14.0 Å². The molecule has 0 radical (unpaired) electrons. The third kappa shape index (κ3) is 3.02. The summed E-state index contributed by atoms with van der Waals surface area (Å²) in [5.41, 5.74) is 0.730.